The van der Waals surface area contributed by atoms with Gasteiger partial charge in [-0.15, -0.1) is 0 Å². The van der Waals surface area contributed by atoms with E-state index in [1.165, 1.54) is 6.07 Å². The first-order valence-electron chi connectivity index (χ1n) is 9.62. The summed E-state index contributed by atoms with van der Waals surface area (Å²) >= 11 is 0. The van der Waals surface area contributed by atoms with Crippen molar-refractivity contribution >= 4 is 27.5 Å². The third kappa shape index (κ3) is 5.18. The van der Waals surface area contributed by atoms with Crippen LogP contribution in [0.2, 0.25) is 0 Å². The maximum Gasteiger partial charge on any atom is 0.257 e. The van der Waals surface area contributed by atoms with Crippen molar-refractivity contribution in [3.05, 3.63) is 23.8 Å². The third-order valence-electron chi connectivity index (χ3n) is 5.10. The number of likely N-dealkylation sites (N-methyl/N-ethyl adjacent to an activating group) is 1. The monoisotopic (exact) mass is 425 g/mol. The van der Waals surface area contributed by atoms with E-state index < -0.39 is 10.0 Å². The summed E-state index contributed by atoms with van der Waals surface area (Å²) in [4.78, 5) is 26.5. The van der Waals surface area contributed by atoms with Crippen molar-refractivity contribution in [3.63, 3.8) is 0 Å². The Morgan fingerprint density at radius 3 is 2.76 bits per heavy atom. The van der Waals surface area contributed by atoms with Crippen LogP contribution in [0.15, 0.2) is 18.2 Å². The van der Waals surface area contributed by atoms with Crippen LogP contribution in [0.5, 0.6) is 5.75 Å². The maximum atomic E-state index is 13.1. The third-order valence-corrected chi connectivity index (χ3v) is 5.71. The molecule has 0 aliphatic carbocycles. The molecule has 2 aliphatic heterocycles. The highest BCUT2D eigenvalue weighted by Crippen LogP contribution is 2.32. The normalized spacial score (nSPS) is 24.4. The molecule has 3 rings (SSSR count). The van der Waals surface area contributed by atoms with Gasteiger partial charge in [0.15, 0.2) is 0 Å². The van der Waals surface area contributed by atoms with Gasteiger partial charge < -0.3 is 19.7 Å². The highest BCUT2D eigenvalue weighted by atomic mass is 32.2. The van der Waals surface area contributed by atoms with Crippen molar-refractivity contribution < 1.29 is 27.5 Å². The molecular formula is C19H27N3O6S. The van der Waals surface area contributed by atoms with Crippen LogP contribution >= 0.6 is 0 Å². The molecule has 3 atom stereocenters. The predicted octanol–water partition coefficient (Wildman–Crippen LogP) is 0.965. The van der Waals surface area contributed by atoms with Gasteiger partial charge in [0.2, 0.25) is 15.9 Å². The minimum atomic E-state index is -3.46. The molecule has 0 unspecified atom stereocenters. The van der Waals surface area contributed by atoms with Gasteiger partial charge in [0.05, 0.1) is 30.4 Å². The Morgan fingerprint density at radius 2 is 2.07 bits per heavy atom. The molecule has 10 heteroatoms. The zero-order chi connectivity index (χ0) is 21.2. The van der Waals surface area contributed by atoms with Crippen LogP contribution in [0.1, 0.15) is 36.5 Å². The minimum Gasteiger partial charge on any atom is -0.490 e. The number of benzene rings is 1. The van der Waals surface area contributed by atoms with Crippen LogP contribution in [0.4, 0.5) is 5.69 Å². The van der Waals surface area contributed by atoms with Crippen molar-refractivity contribution in [2.24, 2.45) is 0 Å². The number of ether oxygens (including phenoxy) is 2. The van der Waals surface area contributed by atoms with Crippen LogP contribution in [0, 0.1) is 0 Å². The van der Waals surface area contributed by atoms with Gasteiger partial charge in [0.1, 0.15) is 18.5 Å². The van der Waals surface area contributed by atoms with Crippen molar-refractivity contribution in [3.8, 4) is 5.75 Å². The lowest BCUT2D eigenvalue weighted by Gasteiger charge is -2.42. The Hall–Kier alpha value is -2.33. The minimum absolute atomic E-state index is 0.0524. The lowest BCUT2D eigenvalue weighted by atomic mass is 9.94. The standard InChI is InChI=1S/C19H27N3O6S/c1-4-20-18(23)10-13-6-7-15-17(28-13)11-27-16-8-5-12(21-29(3,25)26)9-14(16)19(24)22(15)2/h5,8-9,13,15,17,21H,4,6-7,10-11H2,1-3H3,(H,20,23)/t13-,15-,17-/m1/s1. The SMILES string of the molecule is CCNC(=O)C[C@H]1CC[C@@H]2[C@@H](COc3ccc(NS(C)(=O)=O)cc3C(=O)N2C)O1. The second-order valence-electron chi connectivity index (χ2n) is 7.41. The average molecular weight is 426 g/mol. The number of rotatable bonds is 5. The summed E-state index contributed by atoms with van der Waals surface area (Å²) < 4.78 is 37.3. The maximum absolute atomic E-state index is 13.1. The summed E-state index contributed by atoms with van der Waals surface area (Å²) in [6, 6.07) is 4.42. The number of hydrogen-bond donors (Lipinski definition) is 2. The van der Waals surface area contributed by atoms with E-state index in [1.807, 2.05) is 6.92 Å². The van der Waals surface area contributed by atoms with E-state index in [0.717, 1.165) is 6.26 Å². The largest absolute Gasteiger partial charge is 0.490 e. The molecule has 0 radical (unpaired) electrons. The van der Waals surface area contributed by atoms with E-state index in [1.54, 1.807) is 24.1 Å². The van der Waals surface area contributed by atoms with Crippen LogP contribution in [0.3, 0.4) is 0 Å². The first kappa shape index (κ1) is 21.4. The van der Waals surface area contributed by atoms with E-state index in [2.05, 4.69) is 10.0 Å². The summed E-state index contributed by atoms with van der Waals surface area (Å²) in [5, 5.41) is 2.77. The van der Waals surface area contributed by atoms with Gasteiger partial charge in [-0.2, -0.15) is 0 Å². The zero-order valence-corrected chi connectivity index (χ0v) is 17.6. The summed E-state index contributed by atoms with van der Waals surface area (Å²) in [6.07, 6.45) is 2.13. The molecule has 2 amide bonds. The van der Waals surface area contributed by atoms with Crippen LogP contribution < -0.4 is 14.8 Å². The summed E-state index contributed by atoms with van der Waals surface area (Å²) in [5.41, 5.74) is 0.597. The number of sulfonamides is 1. The number of nitrogens with zero attached hydrogens (tertiary/aromatic N) is 1. The second kappa shape index (κ2) is 8.58. The van der Waals surface area contributed by atoms with E-state index in [0.29, 0.717) is 36.4 Å². The molecule has 2 aliphatic rings. The average Bonchev–Trinajstić information content (AvgIpc) is 2.64. The Kier molecular flexibility index (Phi) is 6.33. The molecule has 1 aromatic rings. The molecule has 0 spiro atoms. The topological polar surface area (TPSA) is 114 Å². The van der Waals surface area contributed by atoms with Gasteiger partial charge in [0, 0.05) is 19.3 Å². The number of amides is 2. The van der Waals surface area contributed by atoms with Gasteiger partial charge in [0.25, 0.3) is 5.91 Å². The molecule has 2 N–H and O–H groups in total. The Bertz CT molecular complexity index is 888. The number of hydrogen-bond acceptors (Lipinski definition) is 6. The highest BCUT2D eigenvalue weighted by Gasteiger charge is 2.39. The summed E-state index contributed by atoms with van der Waals surface area (Å²) in [5.74, 6) is 0.0508. The van der Waals surface area contributed by atoms with Gasteiger partial charge in [-0.1, -0.05) is 0 Å². The van der Waals surface area contributed by atoms with Crippen molar-refractivity contribution in [1.29, 1.82) is 0 Å². The van der Waals surface area contributed by atoms with Gasteiger partial charge >= 0.3 is 0 Å². The van der Waals surface area contributed by atoms with Crippen LogP contribution in [-0.2, 0) is 19.6 Å². The lowest BCUT2D eigenvalue weighted by Crippen LogP contribution is -2.53. The first-order chi connectivity index (χ1) is 13.7. The molecular weight excluding hydrogens is 398 g/mol. The number of carbonyl (C=O) groups is 2. The molecule has 0 bridgehead atoms. The summed E-state index contributed by atoms with van der Waals surface area (Å²) in [7, 11) is -1.75. The molecule has 9 nitrogen and oxygen atoms in total. The Labute approximate surface area is 170 Å². The Balaban J connectivity index is 1.79. The predicted molar refractivity (Wildman–Crippen MR) is 107 cm³/mol. The summed E-state index contributed by atoms with van der Waals surface area (Å²) in [6.45, 7) is 2.68. The molecule has 0 saturated carbocycles. The van der Waals surface area contributed by atoms with E-state index >= 15 is 0 Å². The first-order valence-corrected chi connectivity index (χ1v) is 11.5. The number of carbonyl (C=O) groups excluding carboxylic acids is 2. The number of fused-ring (bicyclic) bond motifs is 2. The highest BCUT2D eigenvalue weighted by molar-refractivity contribution is 7.92. The van der Waals surface area contributed by atoms with Crippen LogP contribution in [0.25, 0.3) is 0 Å². The number of nitrogens with one attached hydrogen (secondary N) is 2. The lowest BCUT2D eigenvalue weighted by molar-refractivity contribution is -0.133. The van der Waals surface area contributed by atoms with E-state index in [-0.39, 0.29) is 43.1 Å². The van der Waals surface area contributed by atoms with E-state index in [9.17, 15) is 18.0 Å². The van der Waals surface area contributed by atoms with Crippen molar-refractivity contribution in [2.75, 3.05) is 31.2 Å². The molecule has 0 aromatic heterocycles. The fourth-order valence-corrected chi connectivity index (χ4v) is 4.34. The molecule has 2 heterocycles. The Morgan fingerprint density at radius 1 is 1.31 bits per heavy atom. The quantitative estimate of drug-likeness (QED) is 0.727. The van der Waals surface area contributed by atoms with Gasteiger partial charge in [-0.25, -0.2) is 8.42 Å². The fourth-order valence-electron chi connectivity index (χ4n) is 3.78. The van der Waals surface area contributed by atoms with Crippen molar-refractivity contribution in [1.82, 2.24) is 10.2 Å². The van der Waals surface area contributed by atoms with Crippen molar-refractivity contribution in [2.45, 2.75) is 44.4 Å². The fraction of sp³-hybridized carbons (Fsp3) is 0.579. The second-order valence-corrected chi connectivity index (χ2v) is 9.16. The molecule has 160 valence electrons. The molecule has 29 heavy (non-hydrogen) atoms. The number of anilines is 1. The molecule has 1 fully saturated rings. The van der Waals surface area contributed by atoms with E-state index in [4.69, 9.17) is 9.47 Å². The zero-order valence-electron chi connectivity index (χ0n) is 16.8. The van der Waals surface area contributed by atoms with Gasteiger partial charge in [-0.05, 0) is 38.0 Å². The molecule has 1 saturated heterocycles. The molecule has 1 aromatic carbocycles. The van der Waals surface area contributed by atoms with Gasteiger partial charge in [-0.3, -0.25) is 14.3 Å². The van der Waals surface area contributed by atoms with Crippen LogP contribution in [-0.4, -0.2) is 69.8 Å². The smallest absolute Gasteiger partial charge is 0.257 e.